The first-order valence-corrected chi connectivity index (χ1v) is 13.4. The summed E-state index contributed by atoms with van der Waals surface area (Å²) in [4.78, 5) is 15.1. The molecule has 2 aromatic carbocycles. The molecule has 1 N–H and O–H groups in total. The number of rotatable bonds is 9. The molecule has 0 radical (unpaired) electrons. The third kappa shape index (κ3) is 5.37. The first-order valence-electron chi connectivity index (χ1n) is 11.9. The Hall–Kier alpha value is -2.62. The quantitative estimate of drug-likeness (QED) is 0.585. The average Bonchev–Trinajstić information content (AvgIpc) is 3.31. The fraction of sp³-hybridized carbons (Fsp3) is 0.480. The minimum Gasteiger partial charge on any atom is -0.486 e. The van der Waals surface area contributed by atoms with Crippen molar-refractivity contribution in [3.05, 3.63) is 53.6 Å². The van der Waals surface area contributed by atoms with Gasteiger partial charge in [-0.1, -0.05) is 32.0 Å². The van der Waals surface area contributed by atoms with E-state index in [0.29, 0.717) is 39.4 Å². The molecule has 1 amide bonds. The van der Waals surface area contributed by atoms with Crippen LogP contribution >= 0.6 is 0 Å². The summed E-state index contributed by atoms with van der Waals surface area (Å²) in [5.74, 6) is 1.49. The molecule has 0 saturated carbocycles. The highest BCUT2D eigenvalue weighted by Gasteiger charge is 2.29. The van der Waals surface area contributed by atoms with E-state index in [1.807, 2.05) is 26.0 Å². The molecular formula is C25H33N3O5S. The molecule has 9 heteroatoms. The second-order valence-corrected chi connectivity index (χ2v) is 10.5. The van der Waals surface area contributed by atoms with Crippen LogP contribution in [0.1, 0.15) is 43.9 Å². The zero-order valence-corrected chi connectivity index (χ0v) is 20.6. The van der Waals surface area contributed by atoms with Crippen LogP contribution in [0.25, 0.3) is 0 Å². The topological polar surface area (TPSA) is 88.2 Å². The molecule has 0 aliphatic carbocycles. The molecule has 0 spiro atoms. The maximum Gasteiger partial charge on any atom is 0.243 e. The lowest BCUT2D eigenvalue weighted by Gasteiger charge is -2.26. The second-order valence-electron chi connectivity index (χ2n) is 8.54. The Labute approximate surface area is 201 Å². The molecule has 2 aliphatic heterocycles. The Morgan fingerprint density at radius 3 is 2.47 bits per heavy atom. The van der Waals surface area contributed by atoms with Gasteiger partial charge in [-0.25, -0.2) is 8.42 Å². The molecule has 1 atom stereocenters. The second kappa shape index (κ2) is 10.8. The van der Waals surface area contributed by atoms with E-state index in [9.17, 15) is 13.2 Å². The molecule has 8 nitrogen and oxygen atoms in total. The van der Waals surface area contributed by atoms with Crippen LogP contribution in [0.5, 0.6) is 11.5 Å². The van der Waals surface area contributed by atoms with Gasteiger partial charge in [0.25, 0.3) is 0 Å². The normalized spacial score (nSPS) is 18.3. The number of nitrogens with zero attached hydrogens (tertiary/aromatic N) is 2. The minimum atomic E-state index is -3.48. The van der Waals surface area contributed by atoms with E-state index in [2.05, 4.69) is 16.3 Å². The molecule has 0 aromatic heterocycles. The van der Waals surface area contributed by atoms with Crippen molar-refractivity contribution in [1.82, 2.24) is 14.5 Å². The third-order valence-corrected chi connectivity index (χ3v) is 8.48. The van der Waals surface area contributed by atoms with Gasteiger partial charge in [-0.15, -0.1) is 0 Å². The number of nitrogens with one attached hydrogen (secondary N) is 1. The smallest absolute Gasteiger partial charge is 0.243 e. The summed E-state index contributed by atoms with van der Waals surface area (Å²) in [5.41, 5.74) is 2.00. The Morgan fingerprint density at radius 2 is 1.76 bits per heavy atom. The van der Waals surface area contributed by atoms with Crippen LogP contribution < -0.4 is 14.8 Å². The van der Waals surface area contributed by atoms with Crippen molar-refractivity contribution < 1.29 is 22.7 Å². The Bertz CT molecular complexity index is 1100. The number of likely N-dealkylation sites (tertiary alicyclic amines) is 1. The van der Waals surface area contributed by atoms with E-state index in [-0.39, 0.29) is 16.8 Å². The zero-order chi connectivity index (χ0) is 24.1. The molecular weight excluding hydrogens is 454 g/mol. The van der Waals surface area contributed by atoms with Crippen molar-refractivity contribution in [1.29, 1.82) is 0 Å². The van der Waals surface area contributed by atoms with Crippen molar-refractivity contribution in [2.75, 3.05) is 39.4 Å². The number of sulfonamides is 1. The summed E-state index contributed by atoms with van der Waals surface area (Å²) in [7, 11) is -3.48. The number of carbonyl (C=O) groups is 1. The number of ether oxygens (including phenoxy) is 2. The number of amides is 1. The Balaban J connectivity index is 1.33. The van der Waals surface area contributed by atoms with Gasteiger partial charge in [-0.2, -0.15) is 4.31 Å². The summed E-state index contributed by atoms with van der Waals surface area (Å²) < 4.78 is 38.0. The van der Waals surface area contributed by atoms with Crippen molar-refractivity contribution in [3.8, 4) is 11.5 Å². The molecule has 0 unspecified atom stereocenters. The molecule has 1 fully saturated rings. The van der Waals surface area contributed by atoms with Gasteiger partial charge in [-0.3, -0.25) is 9.69 Å². The maximum atomic E-state index is 12.7. The third-order valence-electron chi connectivity index (χ3n) is 6.42. The van der Waals surface area contributed by atoms with E-state index >= 15 is 0 Å². The fourth-order valence-electron chi connectivity index (χ4n) is 4.59. The average molecular weight is 488 g/mol. The van der Waals surface area contributed by atoms with Crippen LogP contribution in [-0.4, -0.2) is 62.9 Å². The Morgan fingerprint density at radius 1 is 1.06 bits per heavy atom. The van der Waals surface area contributed by atoms with Gasteiger partial charge in [0.1, 0.15) is 13.2 Å². The lowest BCUT2D eigenvalue weighted by atomic mass is 10.0. The van der Waals surface area contributed by atoms with Gasteiger partial charge in [0.2, 0.25) is 15.9 Å². The first kappa shape index (κ1) is 24.5. The number of fused-ring (bicyclic) bond motifs is 1. The van der Waals surface area contributed by atoms with Crippen LogP contribution in [0, 0.1) is 0 Å². The molecule has 34 heavy (non-hydrogen) atoms. The highest BCUT2D eigenvalue weighted by Crippen LogP contribution is 2.37. The number of hydrogen-bond donors (Lipinski definition) is 1. The lowest BCUT2D eigenvalue weighted by molar-refractivity contribution is -0.122. The van der Waals surface area contributed by atoms with E-state index in [1.165, 1.54) is 4.31 Å². The van der Waals surface area contributed by atoms with Gasteiger partial charge in [0, 0.05) is 25.7 Å². The summed E-state index contributed by atoms with van der Waals surface area (Å²) >= 11 is 0. The summed E-state index contributed by atoms with van der Waals surface area (Å²) in [5, 5.41) is 2.97. The summed E-state index contributed by atoms with van der Waals surface area (Å²) in [6.07, 6.45) is 2.03. The summed E-state index contributed by atoms with van der Waals surface area (Å²) in [6, 6.07) is 12.9. The highest BCUT2D eigenvalue weighted by molar-refractivity contribution is 7.89. The van der Waals surface area contributed by atoms with Crippen molar-refractivity contribution in [3.63, 3.8) is 0 Å². The summed E-state index contributed by atoms with van der Waals surface area (Å²) in [6.45, 7) is 7.16. The molecule has 2 aliphatic rings. The van der Waals surface area contributed by atoms with Crippen LogP contribution in [0.15, 0.2) is 47.4 Å². The molecule has 184 valence electrons. The fourth-order valence-corrected chi connectivity index (χ4v) is 6.05. The lowest BCUT2D eigenvalue weighted by Crippen LogP contribution is -2.36. The molecule has 1 saturated heterocycles. The number of carbonyl (C=O) groups excluding carboxylic acids is 1. The number of benzene rings is 2. The van der Waals surface area contributed by atoms with Crippen LogP contribution in [0.2, 0.25) is 0 Å². The first-order chi connectivity index (χ1) is 16.4. The SMILES string of the molecule is CCN(CC)S(=O)(=O)c1ccc(CNC(=O)CN2CCC[C@@H]2c2ccc3c(c2)OCCO3)cc1. The maximum absolute atomic E-state index is 12.7. The van der Waals surface area contributed by atoms with Gasteiger partial charge in [0.15, 0.2) is 11.5 Å². The van der Waals surface area contributed by atoms with Crippen LogP contribution in [0.4, 0.5) is 0 Å². The Kier molecular flexibility index (Phi) is 7.75. The molecule has 2 heterocycles. The monoisotopic (exact) mass is 487 g/mol. The predicted molar refractivity (Wildman–Crippen MR) is 129 cm³/mol. The van der Waals surface area contributed by atoms with Crippen LogP contribution in [0.3, 0.4) is 0 Å². The van der Waals surface area contributed by atoms with Crippen LogP contribution in [-0.2, 0) is 21.4 Å². The standard InChI is InChI=1S/C25H33N3O5S/c1-3-28(4-2)34(30,31)21-10-7-19(8-11-21)17-26-25(29)18-27-13-5-6-22(27)20-9-12-23-24(16-20)33-15-14-32-23/h7-12,16,22H,3-6,13-15,17-18H2,1-2H3,(H,26,29)/t22-/m1/s1. The van der Waals surface area contributed by atoms with Crippen molar-refractivity contribution in [2.45, 2.75) is 44.2 Å². The van der Waals surface area contributed by atoms with E-state index in [1.54, 1.807) is 24.3 Å². The van der Waals surface area contributed by atoms with Gasteiger partial charge in [-0.05, 0) is 54.8 Å². The van der Waals surface area contributed by atoms with Crippen molar-refractivity contribution >= 4 is 15.9 Å². The van der Waals surface area contributed by atoms with E-state index in [4.69, 9.17) is 9.47 Å². The highest BCUT2D eigenvalue weighted by atomic mass is 32.2. The molecule has 0 bridgehead atoms. The number of hydrogen-bond acceptors (Lipinski definition) is 6. The van der Waals surface area contributed by atoms with E-state index in [0.717, 1.165) is 42.0 Å². The predicted octanol–water partition coefficient (Wildman–Crippen LogP) is 2.94. The molecule has 4 rings (SSSR count). The molecule has 2 aromatic rings. The van der Waals surface area contributed by atoms with Gasteiger partial charge in [0.05, 0.1) is 11.4 Å². The van der Waals surface area contributed by atoms with Gasteiger partial charge < -0.3 is 14.8 Å². The van der Waals surface area contributed by atoms with E-state index < -0.39 is 10.0 Å². The largest absolute Gasteiger partial charge is 0.486 e. The van der Waals surface area contributed by atoms with Crippen molar-refractivity contribution in [2.24, 2.45) is 0 Å². The zero-order valence-electron chi connectivity index (χ0n) is 19.8. The minimum absolute atomic E-state index is 0.0516. The van der Waals surface area contributed by atoms with Gasteiger partial charge >= 0.3 is 0 Å².